The SMILES string of the molecule is COc1ccc(S(=O)(=O)N(C)C)cc1CCC(=O)NC(C)c1ccc2c(c1)OCCO2. The Kier molecular flexibility index (Phi) is 7.07. The number of nitrogens with zero attached hydrogens (tertiary/aromatic N) is 1. The summed E-state index contributed by atoms with van der Waals surface area (Å²) in [6.45, 7) is 2.93. The Balaban J connectivity index is 1.66. The van der Waals surface area contributed by atoms with Gasteiger partial charge in [0.1, 0.15) is 19.0 Å². The highest BCUT2D eigenvalue weighted by Gasteiger charge is 2.20. The second-order valence-electron chi connectivity index (χ2n) is 7.45. The number of sulfonamides is 1. The lowest BCUT2D eigenvalue weighted by molar-refractivity contribution is -0.121. The second kappa shape index (κ2) is 9.57. The molecule has 0 fully saturated rings. The highest BCUT2D eigenvalue weighted by molar-refractivity contribution is 7.89. The molecule has 0 aromatic heterocycles. The van der Waals surface area contributed by atoms with E-state index in [0.29, 0.717) is 42.4 Å². The van der Waals surface area contributed by atoms with E-state index in [1.807, 2.05) is 25.1 Å². The molecule has 1 aliphatic rings. The van der Waals surface area contributed by atoms with E-state index in [1.54, 1.807) is 12.1 Å². The lowest BCUT2D eigenvalue weighted by Gasteiger charge is -2.21. The van der Waals surface area contributed by atoms with Gasteiger partial charge in [-0.3, -0.25) is 4.79 Å². The van der Waals surface area contributed by atoms with Gasteiger partial charge in [-0.25, -0.2) is 12.7 Å². The number of carbonyl (C=O) groups excluding carboxylic acids is 1. The number of benzene rings is 2. The first-order chi connectivity index (χ1) is 14.7. The maximum atomic E-state index is 12.5. The predicted octanol–water partition coefficient (Wildman–Crippen LogP) is 2.53. The molecule has 2 aromatic rings. The van der Waals surface area contributed by atoms with Gasteiger partial charge in [-0.1, -0.05) is 6.07 Å². The summed E-state index contributed by atoms with van der Waals surface area (Å²) in [5, 5.41) is 2.97. The number of hydrogen-bond acceptors (Lipinski definition) is 6. The maximum Gasteiger partial charge on any atom is 0.242 e. The van der Waals surface area contributed by atoms with Gasteiger partial charge in [0.15, 0.2) is 11.5 Å². The van der Waals surface area contributed by atoms with Gasteiger partial charge in [0.05, 0.1) is 18.0 Å². The summed E-state index contributed by atoms with van der Waals surface area (Å²) in [6.07, 6.45) is 0.538. The Labute approximate surface area is 183 Å². The van der Waals surface area contributed by atoms with Crippen molar-refractivity contribution in [2.45, 2.75) is 30.7 Å². The molecule has 0 saturated heterocycles. The van der Waals surface area contributed by atoms with Gasteiger partial charge >= 0.3 is 0 Å². The Morgan fingerprint density at radius 1 is 1.13 bits per heavy atom. The Morgan fingerprint density at radius 2 is 1.84 bits per heavy atom. The number of aryl methyl sites for hydroxylation is 1. The standard InChI is InChI=1S/C22H28N2O6S/c1-15(16-5-8-20-21(14-16)30-12-11-29-20)23-22(25)10-6-17-13-18(7-9-19(17)28-4)31(26,27)24(2)3/h5,7-9,13-15H,6,10-12H2,1-4H3,(H,23,25). The highest BCUT2D eigenvalue weighted by atomic mass is 32.2. The molecule has 0 bridgehead atoms. The minimum atomic E-state index is -3.57. The minimum Gasteiger partial charge on any atom is -0.496 e. The molecular weight excluding hydrogens is 420 g/mol. The van der Waals surface area contributed by atoms with Gasteiger partial charge in [0.2, 0.25) is 15.9 Å². The first-order valence-electron chi connectivity index (χ1n) is 10.0. The molecule has 0 aliphatic carbocycles. The third kappa shape index (κ3) is 5.29. The van der Waals surface area contributed by atoms with E-state index in [1.165, 1.54) is 27.3 Å². The number of carbonyl (C=O) groups is 1. The zero-order chi connectivity index (χ0) is 22.6. The molecule has 0 radical (unpaired) electrons. The molecule has 1 amide bonds. The zero-order valence-corrected chi connectivity index (χ0v) is 19.0. The van der Waals surface area contributed by atoms with Gasteiger partial charge in [-0.05, 0) is 54.8 Å². The first-order valence-corrected chi connectivity index (χ1v) is 11.4. The van der Waals surface area contributed by atoms with Crippen molar-refractivity contribution in [3.05, 3.63) is 47.5 Å². The fourth-order valence-corrected chi connectivity index (χ4v) is 4.25. The lowest BCUT2D eigenvalue weighted by Crippen LogP contribution is -2.27. The van der Waals surface area contributed by atoms with Crippen molar-refractivity contribution in [1.29, 1.82) is 0 Å². The van der Waals surface area contributed by atoms with Crippen LogP contribution in [0.2, 0.25) is 0 Å². The Morgan fingerprint density at radius 3 is 2.52 bits per heavy atom. The summed E-state index contributed by atoms with van der Waals surface area (Å²) in [5.74, 6) is 1.78. The van der Waals surface area contributed by atoms with Crippen LogP contribution in [0, 0.1) is 0 Å². The molecule has 1 N–H and O–H groups in total. The van der Waals surface area contributed by atoms with Crippen LogP contribution in [-0.4, -0.2) is 53.0 Å². The van der Waals surface area contributed by atoms with Crippen molar-refractivity contribution in [2.24, 2.45) is 0 Å². The van der Waals surface area contributed by atoms with Crippen LogP contribution in [0.25, 0.3) is 0 Å². The first kappa shape index (κ1) is 22.9. The summed E-state index contributed by atoms with van der Waals surface area (Å²) in [6, 6.07) is 10.1. The van der Waals surface area contributed by atoms with Crippen molar-refractivity contribution < 1.29 is 27.4 Å². The van der Waals surface area contributed by atoms with Crippen LogP contribution in [0.1, 0.15) is 30.5 Å². The number of methoxy groups -OCH3 is 1. The fraction of sp³-hybridized carbons (Fsp3) is 0.409. The topological polar surface area (TPSA) is 94.2 Å². The molecule has 31 heavy (non-hydrogen) atoms. The molecule has 1 heterocycles. The predicted molar refractivity (Wildman–Crippen MR) is 116 cm³/mol. The summed E-state index contributed by atoms with van der Waals surface area (Å²) in [7, 11) is 0.903. The van der Waals surface area contributed by atoms with Crippen molar-refractivity contribution in [1.82, 2.24) is 9.62 Å². The number of nitrogens with one attached hydrogen (secondary N) is 1. The molecule has 9 heteroatoms. The smallest absolute Gasteiger partial charge is 0.242 e. The quantitative estimate of drug-likeness (QED) is 0.667. The van der Waals surface area contributed by atoms with E-state index in [-0.39, 0.29) is 23.3 Å². The van der Waals surface area contributed by atoms with Crippen LogP contribution >= 0.6 is 0 Å². The molecule has 0 spiro atoms. The van der Waals surface area contributed by atoms with Gasteiger partial charge in [0.25, 0.3) is 0 Å². The van der Waals surface area contributed by atoms with Gasteiger partial charge in [0, 0.05) is 20.5 Å². The van der Waals surface area contributed by atoms with Crippen LogP contribution in [-0.2, 0) is 21.2 Å². The van der Waals surface area contributed by atoms with E-state index < -0.39 is 10.0 Å². The third-order valence-corrected chi connectivity index (χ3v) is 6.91. The third-order valence-electron chi connectivity index (χ3n) is 5.10. The number of rotatable bonds is 8. The molecule has 1 aliphatic heterocycles. The van der Waals surface area contributed by atoms with E-state index in [9.17, 15) is 13.2 Å². The Bertz CT molecular complexity index is 1050. The average Bonchev–Trinajstić information content (AvgIpc) is 2.76. The van der Waals surface area contributed by atoms with Crippen molar-refractivity contribution in [2.75, 3.05) is 34.4 Å². The van der Waals surface area contributed by atoms with Crippen molar-refractivity contribution in [3.63, 3.8) is 0 Å². The highest BCUT2D eigenvalue weighted by Crippen LogP contribution is 2.32. The van der Waals surface area contributed by atoms with E-state index >= 15 is 0 Å². The van der Waals surface area contributed by atoms with Gasteiger partial charge in [-0.15, -0.1) is 0 Å². The van der Waals surface area contributed by atoms with Crippen molar-refractivity contribution >= 4 is 15.9 Å². The molecule has 1 atom stereocenters. The number of ether oxygens (including phenoxy) is 3. The average molecular weight is 449 g/mol. The molecular formula is C22H28N2O6S. The van der Waals surface area contributed by atoms with Gasteiger partial charge in [-0.2, -0.15) is 0 Å². The van der Waals surface area contributed by atoms with Crippen molar-refractivity contribution in [3.8, 4) is 17.2 Å². The molecule has 1 unspecified atom stereocenters. The van der Waals surface area contributed by atoms with Gasteiger partial charge < -0.3 is 19.5 Å². The van der Waals surface area contributed by atoms with Crippen LogP contribution < -0.4 is 19.5 Å². The fourth-order valence-electron chi connectivity index (χ4n) is 3.30. The zero-order valence-electron chi connectivity index (χ0n) is 18.2. The molecule has 3 rings (SSSR count). The van der Waals surface area contributed by atoms with Crippen LogP contribution in [0.3, 0.4) is 0 Å². The Hall–Kier alpha value is -2.78. The summed E-state index contributed by atoms with van der Waals surface area (Å²) < 4.78 is 42.5. The molecule has 168 valence electrons. The van der Waals surface area contributed by atoms with E-state index in [0.717, 1.165) is 9.87 Å². The van der Waals surface area contributed by atoms with E-state index in [4.69, 9.17) is 14.2 Å². The molecule has 2 aromatic carbocycles. The molecule has 8 nitrogen and oxygen atoms in total. The van der Waals surface area contributed by atoms with Crippen LogP contribution in [0.15, 0.2) is 41.3 Å². The van der Waals surface area contributed by atoms with Crippen LogP contribution in [0.5, 0.6) is 17.2 Å². The van der Waals surface area contributed by atoms with Crippen LogP contribution in [0.4, 0.5) is 0 Å². The van der Waals surface area contributed by atoms with E-state index in [2.05, 4.69) is 5.32 Å². The lowest BCUT2D eigenvalue weighted by atomic mass is 10.1. The summed E-state index contributed by atoms with van der Waals surface area (Å²) >= 11 is 0. The number of hydrogen-bond donors (Lipinski definition) is 1. The number of amides is 1. The monoisotopic (exact) mass is 448 g/mol. The normalized spacial score (nSPS) is 14.2. The minimum absolute atomic E-state index is 0.148. The second-order valence-corrected chi connectivity index (χ2v) is 9.61. The largest absolute Gasteiger partial charge is 0.496 e. The molecule has 0 saturated carbocycles. The number of fused-ring (bicyclic) bond motifs is 1. The summed E-state index contributed by atoms with van der Waals surface area (Å²) in [4.78, 5) is 12.7. The maximum absolute atomic E-state index is 12.5. The summed E-state index contributed by atoms with van der Waals surface area (Å²) in [5.41, 5.74) is 1.57.